The molecule has 2 heteroatoms. The van der Waals surface area contributed by atoms with Crippen molar-refractivity contribution in [3.05, 3.63) is 0 Å². The molecule has 0 amide bonds. The lowest BCUT2D eigenvalue weighted by Crippen LogP contribution is -2.68. The van der Waals surface area contributed by atoms with E-state index in [2.05, 4.69) is 26.1 Å². The molecule has 0 radical (unpaired) electrons. The van der Waals surface area contributed by atoms with Gasteiger partial charge in [-0.05, 0) is 57.3 Å². The van der Waals surface area contributed by atoms with Crippen molar-refractivity contribution >= 4 is 0 Å². The first-order valence-electron chi connectivity index (χ1n) is 8.43. The molecule has 3 rings (SSSR count). The smallest absolute Gasteiger partial charge is 0.0661 e. The van der Waals surface area contributed by atoms with Crippen LogP contribution in [-0.4, -0.2) is 24.8 Å². The van der Waals surface area contributed by atoms with Crippen molar-refractivity contribution < 1.29 is 4.74 Å². The first-order chi connectivity index (χ1) is 9.06. The molecular formula is C17H31NO. The van der Waals surface area contributed by atoms with Gasteiger partial charge in [-0.3, -0.25) is 0 Å². The van der Waals surface area contributed by atoms with Crippen LogP contribution in [0.25, 0.3) is 0 Å². The summed E-state index contributed by atoms with van der Waals surface area (Å²) in [4.78, 5) is 0. The van der Waals surface area contributed by atoms with E-state index in [1.807, 2.05) is 0 Å². The van der Waals surface area contributed by atoms with Gasteiger partial charge in [-0.25, -0.2) is 0 Å². The van der Waals surface area contributed by atoms with E-state index in [1.54, 1.807) is 0 Å². The number of rotatable bonds is 4. The normalized spacial score (nSPS) is 36.8. The van der Waals surface area contributed by atoms with Gasteiger partial charge in [0.25, 0.3) is 0 Å². The second-order valence-electron chi connectivity index (χ2n) is 7.92. The van der Waals surface area contributed by atoms with Gasteiger partial charge in [-0.2, -0.15) is 0 Å². The number of hydrogen-bond donors (Lipinski definition) is 1. The van der Waals surface area contributed by atoms with Crippen molar-refractivity contribution in [2.75, 3.05) is 6.61 Å². The monoisotopic (exact) mass is 265 g/mol. The zero-order valence-electron chi connectivity index (χ0n) is 13.0. The Bertz CT molecular complexity index is 311. The average molecular weight is 265 g/mol. The lowest BCUT2D eigenvalue weighted by atomic mass is 9.50. The lowest BCUT2D eigenvalue weighted by molar-refractivity contribution is -0.175. The summed E-state index contributed by atoms with van der Waals surface area (Å²) >= 11 is 0. The minimum Gasteiger partial charge on any atom is -0.378 e. The van der Waals surface area contributed by atoms with Crippen LogP contribution in [0.3, 0.4) is 0 Å². The highest BCUT2D eigenvalue weighted by molar-refractivity contribution is 5.12. The number of ether oxygens (including phenoxy) is 1. The zero-order chi connectivity index (χ0) is 13.5. The van der Waals surface area contributed by atoms with Gasteiger partial charge in [0.1, 0.15) is 0 Å². The van der Waals surface area contributed by atoms with Crippen LogP contribution in [0.5, 0.6) is 0 Å². The van der Waals surface area contributed by atoms with Crippen molar-refractivity contribution in [2.24, 2.45) is 10.8 Å². The maximum Gasteiger partial charge on any atom is 0.0661 e. The highest BCUT2D eigenvalue weighted by atomic mass is 16.5. The van der Waals surface area contributed by atoms with Gasteiger partial charge in [0.2, 0.25) is 0 Å². The molecule has 0 aromatic rings. The molecule has 19 heavy (non-hydrogen) atoms. The maximum absolute atomic E-state index is 5.95. The van der Waals surface area contributed by atoms with Crippen molar-refractivity contribution in [1.29, 1.82) is 0 Å². The molecule has 2 atom stereocenters. The highest BCUT2D eigenvalue weighted by Crippen LogP contribution is 2.57. The molecule has 3 saturated carbocycles. The van der Waals surface area contributed by atoms with Crippen molar-refractivity contribution in [1.82, 2.24) is 5.32 Å². The Morgan fingerprint density at radius 3 is 2.32 bits per heavy atom. The predicted octanol–water partition coefficient (Wildman–Crippen LogP) is 3.89. The Labute approximate surface area is 118 Å². The Morgan fingerprint density at radius 1 is 1.11 bits per heavy atom. The summed E-state index contributed by atoms with van der Waals surface area (Å²) in [5.74, 6) is 0. The third-order valence-corrected chi connectivity index (χ3v) is 6.21. The molecule has 1 N–H and O–H groups in total. The first-order valence-corrected chi connectivity index (χ1v) is 8.43. The quantitative estimate of drug-likeness (QED) is 0.832. The average Bonchev–Trinajstić information content (AvgIpc) is 2.27. The highest BCUT2D eigenvalue weighted by Gasteiger charge is 2.59. The van der Waals surface area contributed by atoms with Gasteiger partial charge < -0.3 is 10.1 Å². The minimum absolute atomic E-state index is 0.531. The largest absolute Gasteiger partial charge is 0.378 e. The summed E-state index contributed by atoms with van der Waals surface area (Å²) < 4.78 is 5.95. The SMILES string of the molecule is CCOC1CC(NC2CCC(C)(C)CC2)C12CCC2. The van der Waals surface area contributed by atoms with Gasteiger partial charge in [0.05, 0.1) is 6.10 Å². The first kappa shape index (κ1) is 13.9. The van der Waals surface area contributed by atoms with Crippen LogP contribution in [0.4, 0.5) is 0 Å². The van der Waals surface area contributed by atoms with Crippen LogP contribution >= 0.6 is 0 Å². The van der Waals surface area contributed by atoms with Crippen LogP contribution in [0.2, 0.25) is 0 Å². The second kappa shape index (κ2) is 5.04. The van der Waals surface area contributed by atoms with Crippen LogP contribution in [0.15, 0.2) is 0 Å². The van der Waals surface area contributed by atoms with E-state index in [0.717, 1.165) is 18.7 Å². The Kier molecular flexibility index (Phi) is 3.68. The fraction of sp³-hybridized carbons (Fsp3) is 1.00. The third kappa shape index (κ3) is 2.47. The molecule has 0 aromatic carbocycles. The van der Waals surface area contributed by atoms with Gasteiger partial charge in [-0.15, -0.1) is 0 Å². The summed E-state index contributed by atoms with van der Waals surface area (Å²) in [6.07, 6.45) is 11.5. The fourth-order valence-corrected chi connectivity index (χ4v) is 4.52. The molecule has 2 nitrogen and oxygen atoms in total. The van der Waals surface area contributed by atoms with Gasteiger partial charge in [-0.1, -0.05) is 20.3 Å². The van der Waals surface area contributed by atoms with Crippen LogP contribution in [0.1, 0.15) is 72.1 Å². The van der Waals surface area contributed by atoms with E-state index in [1.165, 1.54) is 51.4 Å². The van der Waals surface area contributed by atoms with E-state index in [9.17, 15) is 0 Å². The molecule has 2 unspecified atom stereocenters. The van der Waals surface area contributed by atoms with Crippen molar-refractivity contribution in [3.63, 3.8) is 0 Å². The molecule has 3 aliphatic rings. The molecule has 0 saturated heterocycles. The summed E-state index contributed by atoms with van der Waals surface area (Å²) in [5.41, 5.74) is 1.11. The zero-order valence-corrected chi connectivity index (χ0v) is 13.0. The maximum atomic E-state index is 5.95. The lowest BCUT2D eigenvalue weighted by Gasteiger charge is -2.62. The molecule has 0 heterocycles. The molecule has 0 bridgehead atoms. The van der Waals surface area contributed by atoms with Gasteiger partial charge in [0, 0.05) is 24.1 Å². The minimum atomic E-state index is 0.531. The van der Waals surface area contributed by atoms with Crippen molar-refractivity contribution in [2.45, 2.75) is 90.3 Å². The number of hydrogen-bond acceptors (Lipinski definition) is 2. The summed E-state index contributed by atoms with van der Waals surface area (Å²) in [5, 5.41) is 3.99. The number of nitrogens with one attached hydrogen (secondary N) is 1. The Balaban J connectivity index is 1.51. The summed E-state index contributed by atoms with van der Waals surface area (Å²) in [6.45, 7) is 7.86. The van der Waals surface area contributed by atoms with Crippen molar-refractivity contribution in [3.8, 4) is 0 Å². The summed E-state index contributed by atoms with van der Waals surface area (Å²) in [6, 6.07) is 1.53. The van der Waals surface area contributed by atoms with E-state index in [0.29, 0.717) is 16.9 Å². The molecule has 3 fully saturated rings. The van der Waals surface area contributed by atoms with E-state index in [4.69, 9.17) is 4.74 Å². The van der Waals surface area contributed by atoms with E-state index < -0.39 is 0 Å². The predicted molar refractivity (Wildman–Crippen MR) is 79.3 cm³/mol. The molecule has 0 aliphatic heterocycles. The molecule has 0 aromatic heterocycles. The molecular weight excluding hydrogens is 234 g/mol. The van der Waals surface area contributed by atoms with Crippen LogP contribution < -0.4 is 5.32 Å². The standard InChI is InChI=1S/C17H31NO/c1-4-19-15-12-14(17(15)8-5-9-17)18-13-6-10-16(2,3)11-7-13/h13-15,18H,4-12H2,1-3H3. The molecule has 110 valence electrons. The van der Waals surface area contributed by atoms with E-state index in [-0.39, 0.29) is 0 Å². The topological polar surface area (TPSA) is 21.3 Å². The van der Waals surface area contributed by atoms with Gasteiger partial charge >= 0.3 is 0 Å². The Morgan fingerprint density at radius 2 is 1.79 bits per heavy atom. The fourth-order valence-electron chi connectivity index (χ4n) is 4.52. The molecule has 3 aliphatic carbocycles. The van der Waals surface area contributed by atoms with Gasteiger partial charge in [0.15, 0.2) is 0 Å². The summed E-state index contributed by atoms with van der Waals surface area (Å²) in [7, 11) is 0. The van der Waals surface area contributed by atoms with E-state index >= 15 is 0 Å². The third-order valence-electron chi connectivity index (χ3n) is 6.21. The molecule has 1 spiro atoms. The van der Waals surface area contributed by atoms with Crippen LogP contribution in [-0.2, 0) is 4.74 Å². The second-order valence-corrected chi connectivity index (χ2v) is 7.92. The van der Waals surface area contributed by atoms with Crippen LogP contribution in [0, 0.1) is 10.8 Å². The Hall–Kier alpha value is -0.0800.